The molecule has 3 unspecified atom stereocenters. The number of ether oxygens (including phenoxy) is 4. The molecule has 4 spiro atoms. The van der Waals surface area contributed by atoms with Gasteiger partial charge in [-0.15, -0.1) is 0 Å². The van der Waals surface area contributed by atoms with E-state index >= 15 is 0 Å². The summed E-state index contributed by atoms with van der Waals surface area (Å²) >= 11 is 0. The first-order chi connectivity index (χ1) is 36.5. The number of likely N-dealkylation sites (tertiary alicyclic amines) is 2. The molecule has 4 amide bonds. The van der Waals surface area contributed by atoms with Crippen molar-refractivity contribution in [3.63, 3.8) is 0 Å². The van der Waals surface area contributed by atoms with Crippen LogP contribution in [0.1, 0.15) is 231 Å². The van der Waals surface area contributed by atoms with E-state index in [1.54, 1.807) is 19.6 Å². The third-order valence-electron chi connectivity index (χ3n) is 19.6. The van der Waals surface area contributed by atoms with E-state index in [0.29, 0.717) is 70.9 Å². The van der Waals surface area contributed by atoms with Gasteiger partial charge in [-0.05, 0) is 173 Å². The number of nitrogens with zero attached hydrogens (tertiary/aromatic N) is 6. The number of rotatable bonds is 11. The summed E-state index contributed by atoms with van der Waals surface area (Å²) in [6.07, 6.45) is 2.56. The molecule has 0 aliphatic carbocycles. The Morgan fingerprint density at radius 2 is 0.598 bits per heavy atom. The van der Waals surface area contributed by atoms with Crippen molar-refractivity contribution >= 4 is 23.6 Å². The lowest BCUT2D eigenvalue weighted by molar-refractivity contribution is -0.190. The second-order valence-corrected chi connectivity index (χ2v) is 33.8. The first-order valence-corrected chi connectivity index (χ1v) is 30.7. The van der Waals surface area contributed by atoms with Crippen molar-refractivity contribution < 1.29 is 53.4 Å². The van der Waals surface area contributed by atoms with Crippen molar-refractivity contribution in [3.8, 4) is 0 Å². The smallest absolute Gasteiger partial charge is 0.257 e. The summed E-state index contributed by atoms with van der Waals surface area (Å²) < 4.78 is 26.3. The molecule has 8 saturated heterocycles. The highest BCUT2D eigenvalue weighted by Crippen LogP contribution is 2.55. The van der Waals surface area contributed by atoms with Gasteiger partial charge in [0.15, 0.2) is 22.4 Å². The van der Waals surface area contributed by atoms with E-state index < -0.39 is 85.8 Å². The Hall–Kier alpha value is -2.56. The fourth-order valence-corrected chi connectivity index (χ4v) is 18.4. The molecule has 0 aromatic rings. The molecule has 5 N–H and O–H groups in total. The van der Waals surface area contributed by atoms with Gasteiger partial charge in [-0.2, -0.15) is 0 Å². The van der Waals surface area contributed by atoms with Gasteiger partial charge in [0.2, 0.25) is 0 Å². The summed E-state index contributed by atoms with van der Waals surface area (Å²) in [7, 11) is 1.81. The predicted molar refractivity (Wildman–Crippen MR) is 317 cm³/mol. The van der Waals surface area contributed by atoms with Crippen LogP contribution in [0.2, 0.25) is 0 Å². The molecule has 19 nitrogen and oxygen atoms in total. The lowest BCUT2D eigenvalue weighted by Crippen LogP contribution is -2.69. The van der Waals surface area contributed by atoms with Gasteiger partial charge in [0.05, 0.1) is 31.4 Å². The van der Waals surface area contributed by atoms with E-state index in [4.69, 9.17) is 18.9 Å². The molecule has 0 saturated carbocycles. The third kappa shape index (κ3) is 12.3. The molecule has 8 heterocycles. The van der Waals surface area contributed by atoms with Gasteiger partial charge in [-0.3, -0.25) is 29.0 Å². The summed E-state index contributed by atoms with van der Waals surface area (Å²) in [6.45, 7) is 52.2. The predicted octanol–water partition coefficient (Wildman–Crippen LogP) is 6.62. The maximum atomic E-state index is 14.1. The van der Waals surface area contributed by atoms with E-state index in [-0.39, 0.29) is 65.4 Å². The molecule has 8 fully saturated rings. The molecule has 0 radical (unpaired) electrons. The van der Waals surface area contributed by atoms with Crippen LogP contribution in [0.25, 0.3) is 0 Å². The largest absolute Gasteiger partial charge is 0.391 e. The van der Waals surface area contributed by atoms with Crippen LogP contribution < -0.4 is 10.6 Å². The first-order valence-electron chi connectivity index (χ1n) is 30.7. The number of carbonyl (C=O) groups is 4. The number of amides is 4. The molecule has 8 rings (SSSR count). The van der Waals surface area contributed by atoms with Crippen LogP contribution in [0, 0.1) is 0 Å². The highest BCUT2D eigenvalue weighted by atomic mass is 16.6. The summed E-state index contributed by atoms with van der Waals surface area (Å²) in [5, 5.41) is 40.8. The Labute approximate surface area is 493 Å². The van der Waals surface area contributed by atoms with Gasteiger partial charge in [0, 0.05) is 122 Å². The zero-order chi connectivity index (χ0) is 62.6. The zero-order valence-electron chi connectivity index (χ0n) is 55.9. The van der Waals surface area contributed by atoms with Crippen LogP contribution in [0.3, 0.4) is 0 Å². The molecule has 82 heavy (non-hydrogen) atoms. The van der Waals surface area contributed by atoms with Crippen molar-refractivity contribution in [2.45, 2.75) is 339 Å². The molecule has 8 aliphatic rings. The van der Waals surface area contributed by atoms with Crippen molar-refractivity contribution in [1.29, 1.82) is 0 Å². The number of nitrogens with one attached hydrogen (secondary N) is 2. The maximum Gasteiger partial charge on any atom is 0.257 e. The lowest BCUT2D eigenvalue weighted by atomic mass is 9.70. The summed E-state index contributed by atoms with van der Waals surface area (Å²) in [6, 6.07) is 0. The standard InChI is InChI=1S/C33H60N4O6.C30H54N4O5/c1-14-22(38)15-35-25(41)33(43-30(35,10)11)20-28(6,7)37(29(8,9)21-33)17-23(39)16-36-24(40)32(42-31(36,12)13)18-26(2,3)34-27(4,5)19-32;1-23(2)16-29(17-24(3,4)31-23)22(37)33(28(11,12)39-29)14-20(35)15-34-25(5,6)18-30(19-26(34,7)8)21(36)32(13)27(9,10)38-30/h22-23,34,38-39H,14-21H2,1-13H3;20,31,35H,14-19H2,1-13H3. The third-order valence-corrected chi connectivity index (χ3v) is 19.6. The molecule has 19 heteroatoms. The summed E-state index contributed by atoms with van der Waals surface area (Å²) in [4.78, 5) is 67.0. The monoisotopic (exact) mass is 1160 g/mol. The van der Waals surface area contributed by atoms with Crippen molar-refractivity contribution in [3.05, 3.63) is 0 Å². The number of likely N-dealkylation sites (N-methyl/N-ethyl adjacent to an activating group) is 1. The maximum absolute atomic E-state index is 14.1. The minimum atomic E-state index is -1.02. The average molecular weight is 1160 g/mol. The number of aliphatic hydroxyl groups excluding tert-OH is 3. The van der Waals surface area contributed by atoms with Gasteiger partial charge < -0.3 is 64.5 Å². The number of hydrogen-bond acceptors (Lipinski definition) is 15. The van der Waals surface area contributed by atoms with E-state index in [2.05, 4.69) is 131 Å². The number of piperidine rings is 4. The fraction of sp³-hybridized carbons (Fsp3) is 0.937. The molecule has 3 atom stereocenters. The van der Waals surface area contributed by atoms with Gasteiger partial charge in [0.25, 0.3) is 23.6 Å². The number of aliphatic hydroxyl groups is 3. The minimum Gasteiger partial charge on any atom is -0.391 e. The van der Waals surface area contributed by atoms with Crippen LogP contribution >= 0.6 is 0 Å². The lowest BCUT2D eigenvalue weighted by Gasteiger charge is -2.58. The number of β-amino-alcohol motifs (C(OH)–C–C–N with tert-alkyl or cyclic N) is 3. The Kier molecular flexibility index (Phi) is 16.5. The Bertz CT molecular complexity index is 2410. The van der Waals surface area contributed by atoms with Crippen LogP contribution in [-0.2, 0) is 38.1 Å². The van der Waals surface area contributed by atoms with Crippen molar-refractivity contribution in [2.24, 2.45) is 0 Å². The fourth-order valence-electron chi connectivity index (χ4n) is 18.4. The molecule has 472 valence electrons. The SMILES string of the molecule is CCC(O)CN1C(=O)C2(CC(C)(C)N(CC(O)CN3C(=O)C4(CC(C)(C)NC(C)(C)C4)OC3(C)C)C(C)(C)C2)OC1(C)C.CN1C(=O)C2(CC(C)(C)N(CC(O)CN3C(=O)C4(CC(C)(C)NC(C)(C)C4)OC3(C)C)C(C)(C)C2)OC1(C)C. The number of hydrogen-bond donors (Lipinski definition) is 5. The number of carbonyl (C=O) groups excluding carboxylic acids is 4. The highest BCUT2D eigenvalue weighted by molar-refractivity contribution is 5.90. The Morgan fingerprint density at radius 3 is 0.841 bits per heavy atom. The van der Waals surface area contributed by atoms with E-state index in [1.807, 2.05) is 69.4 Å². The molecular weight excluding hydrogens is 1040 g/mol. The Morgan fingerprint density at radius 1 is 0.366 bits per heavy atom. The van der Waals surface area contributed by atoms with Gasteiger partial charge in [-0.25, -0.2) is 0 Å². The minimum absolute atomic E-state index is 0.0218. The summed E-state index contributed by atoms with van der Waals surface area (Å²) in [5.41, 5.74) is -9.91. The second kappa shape index (κ2) is 20.2. The topological polar surface area (TPSA) is 209 Å². The van der Waals surface area contributed by atoms with E-state index in [9.17, 15) is 34.5 Å². The van der Waals surface area contributed by atoms with Crippen molar-refractivity contribution in [2.75, 3.05) is 39.8 Å². The van der Waals surface area contributed by atoms with E-state index in [1.165, 1.54) is 0 Å². The molecule has 0 aromatic heterocycles. The van der Waals surface area contributed by atoms with Crippen molar-refractivity contribution in [1.82, 2.24) is 40.0 Å². The van der Waals surface area contributed by atoms with Gasteiger partial charge >= 0.3 is 0 Å². The van der Waals surface area contributed by atoms with Gasteiger partial charge in [-0.1, -0.05) is 6.92 Å². The van der Waals surface area contributed by atoms with Crippen LogP contribution in [0.15, 0.2) is 0 Å². The average Bonchev–Trinajstić information content (AvgIpc) is 3.67. The summed E-state index contributed by atoms with van der Waals surface area (Å²) in [5.74, 6) is -0.156. The molecule has 8 aliphatic heterocycles. The first kappa shape index (κ1) is 67.0. The second-order valence-electron chi connectivity index (χ2n) is 33.8. The van der Waals surface area contributed by atoms with Crippen LogP contribution in [0.5, 0.6) is 0 Å². The van der Waals surface area contributed by atoms with Crippen LogP contribution in [-0.4, -0.2) is 216 Å². The quantitative estimate of drug-likeness (QED) is 0.147. The van der Waals surface area contributed by atoms with Crippen LogP contribution in [0.4, 0.5) is 0 Å². The molecule has 0 aromatic carbocycles. The highest BCUT2D eigenvalue weighted by Gasteiger charge is 2.68. The zero-order valence-corrected chi connectivity index (χ0v) is 55.9. The van der Waals surface area contributed by atoms with E-state index in [0.717, 1.165) is 0 Å². The normalized spacial score (nSPS) is 31.7. The Balaban J connectivity index is 0.000000237. The molecule has 0 bridgehead atoms. The molecular formula is C63H114N8O11. The van der Waals surface area contributed by atoms with Gasteiger partial charge in [0.1, 0.15) is 22.9 Å².